The molecule has 0 aliphatic carbocycles. The molecule has 0 aromatic heterocycles. The first kappa shape index (κ1) is 12.7. The molecule has 0 fully saturated rings. The van der Waals surface area contributed by atoms with Crippen LogP contribution in [-0.2, 0) is 0 Å². The van der Waals surface area contributed by atoms with Crippen LogP contribution in [-0.4, -0.2) is 6.61 Å². The number of ether oxygens (including phenoxy) is 1. The highest BCUT2D eigenvalue weighted by Gasteiger charge is 2.07. The van der Waals surface area contributed by atoms with Gasteiger partial charge in [0.2, 0.25) is 0 Å². The Morgan fingerprint density at radius 2 is 2.27 bits per heavy atom. The van der Waals surface area contributed by atoms with Crippen molar-refractivity contribution in [2.45, 2.75) is 6.92 Å². The second-order valence-electron chi connectivity index (χ2n) is 3.05. The Hall–Kier alpha value is -0.380. The summed E-state index contributed by atoms with van der Waals surface area (Å²) in [5.41, 5.74) is 8.64. The average Bonchev–Trinajstić information content (AvgIpc) is 2.15. The average molecular weight is 311 g/mol. The van der Waals surface area contributed by atoms with Crippen LogP contribution in [0.25, 0.3) is 0 Å². The van der Waals surface area contributed by atoms with Crippen molar-refractivity contribution in [3.63, 3.8) is 0 Å². The maximum Gasteiger partial charge on any atom is 0.156 e. The second kappa shape index (κ2) is 5.64. The second-order valence-corrected chi connectivity index (χ2v) is 4.56. The topological polar surface area (TPSA) is 35.2 Å². The molecule has 2 N–H and O–H groups in total. The zero-order valence-electron chi connectivity index (χ0n) is 8.06. The molecule has 1 rings (SSSR count). The van der Waals surface area contributed by atoms with E-state index in [1.54, 1.807) is 12.1 Å². The van der Waals surface area contributed by atoms with Crippen LogP contribution in [0.3, 0.4) is 0 Å². The Morgan fingerprint density at radius 3 is 2.80 bits per heavy atom. The number of benzene rings is 1. The van der Waals surface area contributed by atoms with Crippen molar-refractivity contribution in [1.29, 1.82) is 0 Å². The van der Waals surface area contributed by atoms with Crippen LogP contribution in [0.5, 0.6) is 5.75 Å². The minimum Gasteiger partial charge on any atom is -0.486 e. The Bertz CT molecular complexity index is 370. The highest BCUT2D eigenvalue weighted by atomic mass is 79.9. The number of nitrogen functional groups attached to an aromatic ring is 1. The van der Waals surface area contributed by atoms with Crippen LogP contribution in [0.2, 0.25) is 5.02 Å². The predicted octanol–water partition coefficient (Wildman–Crippen LogP) is 4.21. The van der Waals surface area contributed by atoms with Crippen LogP contribution >= 0.6 is 39.1 Å². The molecular weight excluding hydrogens is 301 g/mol. The van der Waals surface area contributed by atoms with Gasteiger partial charge in [0.15, 0.2) is 5.75 Å². The minimum absolute atomic E-state index is 0.397. The maximum atomic E-state index is 5.81. The third-order valence-electron chi connectivity index (χ3n) is 1.67. The van der Waals surface area contributed by atoms with Gasteiger partial charge in [-0.3, -0.25) is 0 Å². The third-order valence-corrected chi connectivity index (χ3v) is 2.85. The summed E-state index contributed by atoms with van der Waals surface area (Å²) in [4.78, 5) is 0. The van der Waals surface area contributed by atoms with E-state index >= 15 is 0 Å². The molecule has 0 unspecified atom stereocenters. The van der Waals surface area contributed by atoms with Gasteiger partial charge in [-0.15, -0.1) is 0 Å². The molecule has 0 aliphatic heterocycles. The molecule has 0 saturated heterocycles. The van der Waals surface area contributed by atoms with E-state index in [0.717, 1.165) is 10.0 Å². The fourth-order valence-corrected chi connectivity index (χ4v) is 1.96. The highest BCUT2D eigenvalue weighted by molar-refractivity contribution is 9.10. The molecular formula is C10H10BrCl2NO. The van der Waals surface area contributed by atoms with Gasteiger partial charge >= 0.3 is 0 Å². The van der Waals surface area contributed by atoms with E-state index in [0.29, 0.717) is 23.1 Å². The first-order valence-electron chi connectivity index (χ1n) is 4.17. The van der Waals surface area contributed by atoms with E-state index < -0.39 is 0 Å². The molecule has 15 heavy (non-hydrogen) atoms. The maximum absolute atomic E-state index is 5.81. The Morgan fingerprint density at radius 1 is 1.60 bits per heavy atom. The summed E-state index contributed by atoms with van der Waals surface area (Å²) in [6.45, 7) is 2.26. The number of nitrogens with two attached hydrogens (primary N) is 1. The number of hydrogen-bond donors (Lipinski definition) is 1. The smallest absolute Gasteiger partial charge is 0.156 e. The van der Waals surface area contributed by atoms with Crippen LogP contribution in [0.15, 0.2) is 27.7 Å². The molecule has 82 valence electrons. The molecule has 1 aromatic rings. The van der Waals surface area contributed by atoms with Gasteiger partial charge in [-0.25, -0.2) is 0 Å². The molecule has 0 aliphatic rings. The summed E-state index contributed by atoms with van der Waals surface area (Å²) in [5.74, 6) is 0.581. The van der Waals surface area contributed by atoms with Crippen molar-refractivity contribution in [2.75, 3.05) is 12.3 Å². The molecule has 0 saturated carbocycles. The summed E-state index contributed by atoms with van der Waals surface area (Å²) >= 11 is 14.7. The van der Waals surface area contributed by atoms with Crippen LogP contribution in [0.1, 0.15) is 6.92 Å². The fraction of sp³-hybridized carbons (Fsp3) is 0.200. The van der Waals surface area contributed by atoms with Crippen molar-refractivity contribution in [1.82, 2.24) is 0 Å². The molecule has 1 aromatic carbocycles. The number of halogens is 3. The summed E-state index contributed by atoms with van der Waals surface area (Å²) < 4.78 is 6.22. The summed E-state index contributed by atoms with van der Waals surface area (Å²) in [6.07, 6.45) is 0. The molecule has 0 heterocycles. The van der Waals surface area contributed by atoms with E-state index in [4.69, 9.17) is 33.7 Å². The van der Waals surface area contributed by atoms with Crippen LogP contribution in [0.4, 0.5) is 5.69 Å². The van der Waals surface area contributed by atoms with E-state index in [1.807, 2.05) is 6.92 Å². The largest absolute Gasteiger partial charge is 0.486 e. The van der Waals surface area contributed by atoms with Gasteiger partial charge in [-0.1, -0.05) is 23.2 Å². The summed E-state index contributed by atoms with van der Waals surface area (Å²) in [6, 6.07) is 3.37. The van der Waals surface area contributed by atoms with E-state index in [2.05, 4.69) is 15.9 Å². The van der Waals surface area contributed by atoms with Gasteiger partial charge in [0.25, 0.3) is 0 Å². The lowest BCUT2D eigenvalue weighted by molar-refractivity contribution is 0.352. The molecule has 0 atom stereocenters. The quantitative estimate of drug-likeness (QED) is 0.849. The van der Waals surface area contributed by atoms with Crippen molar-refractivity contribution in [3.8, 4) is 5.75 Å². The predicted molar refractivity (Wildman–Crippen MR) is 68.7 cm³/mol. The number of rotatable bonds is 3. The Kier molecular flexibility index (Phi) is 4.77. The first-order valence-corrected chi connectivity index (χ1v) is 5.78. The lowest BCUT2D eigenvalue weighted by atomic mass is 10.3. The Balaban J connectivity index is 2.86. The first-order chi connectivity index (χ1) is 7.04. The number of anilines is 1. The van der Waals surface area contributed by atoms with Gasteiger partial charge in [-0.05, 0) is 40.6 Å². The standard InChI is InChI=1S/C10H10BrCl2NO/c1-6(4-12)5-15-10-8(11)2-7(13)3-9(10)14/h2-4H,5,14H2,1H3. The Labute approximate surface area is 107 Å². The van der Waals surface area contributed by atoms with Gasteiger partial charge in [-0.2, -0.15) is 0 Å². The normalized spacial score (nSPS) is 11.6. The molecule has 0 amide bonds. The van der Waals surface area contributed by atoms with E-state index in [1.165, 1.54) is 5.54 Å². The molecule has 0 bridgehead atoms. The van der Waals surface area contributed by atoms with Gasteiger partial charge < -0.3 is 10.5 Å². The SMILES string of the molecule is CC(=CCl)COc1c(N)cc(Cl)cc1Br. The zero-order valence-corrected chi connectivity index (χ0v) is 11.2. The van der Waals surface area contributed by atoms with E-state index in [9.17, 15) is 0 Å². The van der Waals surface area contributed by atoms with Crippen molar-refractivity contribution >= 4 is 44.8 Å². The monoisotopic (exact) mass is 309 g/mol. The summed E-state index contributed by atoms with van der Waals surface area (Å²) in [5, 5.41) is 0.566. The molecule has 0 radical (unpaired) electrons. The van der Waals surface area contributed by atoms with Crippen molar-refractivity contribution in [3.05, 3.63) is 32.7 Å². The lowest BCUT2D eigenvalue weighted by Crippen LogP contribution is -2.01. The van der Waals surface area contributed by atoms with Gasteiger partial charge in [0, 0.05) is 10.6 Å². The van der Waals surface area contributed by atoms with Gasteiger partial charge in [0.1, 0.15) is 6.61 Å². The molecule has 0 spiro atoms. The third kappa shape index (κ3) is 3.59. The molecule has 5 heteroatoms. The van der Waals surface area contributed by atoms with Crippen molar-refractivity contribution < 1.29 is 4.74 Å². The minimum atomic E-state index is 0.397. The number of hydrogen-bond acceptors (Lipinski definition) is 2. The van der Waals surface area contributed by atoms with E-state index in [-0.39, 0.29) is 0 Å². The zero-order chi connectivity index (χ0) is 11.4. The highest BCUT2D eigenvalue weighted by Crippen LogP contribution is 2.34. The lowest BCUT2D eigenvalue weighted by Gasteiger charge is -2.11. The summed E-state index contributed by atoms with van der Waals surface area (Å²) in [7, 11) is 0. The van der Waals surface area contributed by atoms with Gasteiger partial charge in [0.05, 0.1) is 10.2 Å². The molecule has 2 nitrogen and oxygen atoms in total. The fourth-order valence-electron chi connectivity index (χ4n) is 0.950. The van der Waals surface area contributed by atoms with Crippen LogP contribution < -0.4 is 10.5 Å². The van der Waals surface area contributed by atoms with Crippen LogP contribution in [0, 0.1) is 0 Å². The van der Waals surface area contributed by atoms with Crippen molar-refractivity contribution in [2.24, 2.45) is 0 Å².